The molecule has 2 aliphatic heterocycles. The quantitative estimate of drug-likeness (QED) is 0.680. The van der Waals surface area contributed by atoms with E-state index < -0.39 is 0 Å². The molecule has 6 heteroatoms. The Balaban J connectivity index is 1.08. The molecule has 1 aliphatic carbocycles. The van der Waals surface area contributed by atoms with Crippen LogP contribution >= 0.6 is 0 Å². The van der Waals surface area contributed by atoms with Crippen LogP contribution in [0, 0.1) is 24.1 Å². The van der Waals surface area contributed by atoms with E-state index in [1.54, 1.807) is 12.1 Å². The Morgan fingerprint density at radius 3 is 2.38 bits per heavy atom. The summed E-state index contributed by atoms with van der Waals surface area (Å²) in [6, 6.07) is 14.8. The molecule has 2 aromatic carbocycles. The van der Waals surface area contributed by atoms with Crippen LogP contribution in [0.15, 0.2) is 48.5 Å². The van der Waals surface area contributed by atoms with Crippen molar-refractivity contribution in [3.63, 3.8) is 0 Å². The Labute approximate surface area is 201 Å². The minimum Gasteiger partial charge on any atom is -0.342 e. The number of carbonyl (C=O) groups excluding carboxylic acids is 2. The Hall–Kier alpha value is -2.73. The van der Waals surface area contributed by atoms with Crippen molar-refractivity contribution in [3.05, 3.63) is 71.0 Å². The monoisotopic (exact) mass is 463 g/mol. The van der Waals surface area contributed by atoms with Crippen molar-refractivity contribution < 1.29 is 14.0 Å². The van der Waals surface area contributed by atoms with Crippen LogP contribution in [0.2, 0.25) is 0 Å². The van der Waals surface area contributed by atoms with E-state index >= 15 is 0 Å². The van der Waals surface area contributed by atoms with Gasteiger partial charge >= 0.3 is 0 Å². The number of piperazine rings is 1. The highest BCUT2D eigenvalue weighted by molar-refractivity contribution is 5.83. The first-order valence-electron chi connectivity index (χ1n) is 12.5. The molecule has 1 spiro atoms. The van der Waals surface area contributed by atoms with Crippen molar-refractivity contribution in [2.45, 2.75) is 39.2 Å². The van der Waals surface area contributed by atoms with Gasteiger partial charge < -0.3 is 9.80 Å². The van der Waals surface area contributed by atoms with Crippen molar-refractivity contribution >= 4 is 11.8 Å². The third-order valence-electron chi connectivity index (χ3n) is 8.18. The lowest BCUT2D eigenvalue weighted by molar-refractivity contribution is -0.136. The van der Waals surface area contributed by atoms with Crippen LogP contribution in [0.1, 0.15) is 36.0 Å². The van der Waals surface area contributed by atoms with Gasteiger partial charge in [-0.1, -0.05) is 36.4 Å². The van der Waals surface area contributed by atoms with Crippen LogP contribution in [0.4, 0.5) is 4.39 Å². The molecule has 3 fully saturated rings. The number of piperidine rings is 1. The van der Waals surface area contributed by atoms with Gasteiger partial charge in [0.05, 0.1) is 6.42 Å². The lowest BCUT2D eigenvalue weighted by Crippen LogP contribution is -2.49. The maximum Gasteiger partial charge on any atom is 0.226 e. The van der Waals surface area contributed by atoms with E-state index in [-0.39, 0.29) is 23.1 Å². The lowest BCUT2D eigenvalue weighted by atomic mass is 9.90. The second-order valence-electron chi connectivity index (χ2n) is 10.3. The molecule has 0 bridgehead atoms. The van der Waals surface area contributed by atoms with Gasteiger partial charge in [-0.2, -0.15) is 0 Å². The van der Waals surface area contributed by atoms with Crippen LogP contribution in [0.5, 0.6) is 0 Å². The average molecular weight is 464 g/mol. The zero-order valence-electron chi connectivity index (χ0n) is 20.0. The van der Waals surface area contributed by atoms with E-state index in [1.165, 1.54) is 6.07 Å². The number of carbonyl (C=O) groups is 2. The Bertz CT molecular complexity index is 1060. The summed E-state index contributed by atoms with van der Waals surface area (Å²) < 4.78 is 13.4. The number of nitrogens with zero attached hydrogens (tertiary/aromatic N) is 3. The molecule has 1 unspecified atom stereocenters. The smallest absolute Gasteiger partial charge is 0.226 e. The first kappa shape index (κ1) is 23.0. The minimum absolute atomic E-state index is 0.106. The maximum atomic E-state index is 13.4. The number of rotatable bonds is 5. The number of halogens is 1. The van der Waals surface area contributed by atoms with Gasteiger partial charge in [0.1, 0.15) is 5.82 Å². The second-order valence-corrected chi connectivity index (χ2v) is 10.3. The van der Waals surface area contributed by atoms with Crippen LogP contribution in [0.3, 0.4) is 0 Å². The number of amides is 2. The summed E-state index contributed by atoms with van der Waals surface area (Å²) in [4.78, 5) is 32.3. The summed E-state index contributed by atoms with van der Waals surface area (Å²) in [5.41, 5.74) is 3.34. The van der Waals surface area contributed by atoms with Gasteiger partial charge in [0.2, 0.25) is 11.8 Å². The third-order valence-corrected chi connectivity index (χ3v) is 8.18. The van der Waals surface area contributed by atoms with Gasteiger partial charge in [0, 0.05) is 51.7 Å². The van der Waals surface area contributed by atoms with Gasteiger partial charge in [0.15, 0.2) is 0 Å². The summed E-state index contributed by atoms with van der Waals surface area (Å²) in [6.07, 6.45) is 3.29. The SMILES string of the molecule is Cc1ccccc1CC(=O)N1CCC2(CC1)CC2C(=O)N1CCN(Cc2cccc(F)c2)CC1. The average Bonchev–Trinajstić information content (AvgIpc) is 3.54. The number of benzene rings is 2. The number of hydrogen-bond donors (Lipinski definition) is 0. The van der Waals surface area contributed by atoms with Gasteiger partial charge in [-0.15, -0.1) is 0 Å². The highest BCUT2D eigenvalue weighted by Crippen LogP contribution is 2.60. The zero-order valence-corrected chi connectivity index (χ0v) is 20.0. The van der Waals surface area contributed by atoms with Gasteiger partial charge in [0.25, 0.3) is 0 Å². The predicted molar refractivity (Wildman–Crippen MR) is 129 cm³/mol. The fourth-order valence-corrected chi connectivity index (χ4v) is 5.77. The van der Waals surface area contributed by atoms with E-state index in [0.29, 0.717) is 12.3 Å². The standard InChI is InChI=1S/C28H34FN3O2/c1-21-5-2-3-7-23(21)18-26(33)31-11-9-28(10-12-31)19-25(28)27(34)32-15-13-30(14-16-32)20-22-6-4-8-24(29)17-22/h2-8,17,25H,9-16,18-20H2,1H3. The van der Waals surface area contributed by atoms with Crippen LogP contribution in [0.25, 0.3) is 0 Å². The molecule has 0 aromatic heterocycles. The van der Waals surface area contributed by atoms with Crippen molar-refractivity contribution in [3.8, 4) is 0 Å². The molecule has 2 saturated heterocycles. The maximum absolute atomic E-state index is 13.4. The molecule has 34 heavy (non-hydrogen) atoms. The van der Waals surface area contributed by atoms with Crippen LogP contribution in [-0.2, 0) is 22.6 Å². The third kappa shape index (κ3) is 4.88. The minimum atomic E-state index is -0.201. The molecule has 180 valence electrons. The van der Waals surface area contributed by atoms with Crippen molar-refractivity contribution in [2.75, 3.05) is 39.3 Å². The Morgan fingerprint density at radius 1 is 0.941 bits per heavy atom. The Morgan fingerprint density at radius 2 is 1.68 bits per heavy atom. The molecule has 2 aromatic rings. The summed E-state index contributed by atoms with van der Waals surface area (Å²) in [5.74, 6) is 0.413. The number of hydrogen-bond acceptors (Lipinski definition) is 3. The van der Waals surface area contributed by atoms with Crippen molar-refractivity contribution in [2.24, 2.45) is 11.3 Å². The molecular formula is C28H34FN3O2. The lowest BCUT2D eigenvalue weighted by Gasteiger charge is -2.36. The topological polar surface area (TPSA) is 43.9 Å². The molecular weight excluding hydrogens is 429 g/mol. The molecule has 0 N–H and O–H groups in total. The predicted octanol–water partition coefficient (Wildman–Crippen LogP) is 3.65. The molecule has 5 rings (SSSR count). The summed E-state index contributed by atoms with van der Waals surface area (Å²) in [6.45, 7) is 7.41. The van der Waals surface area contributed by atoms with E-state index in [2.05, 4.69) is 17.9 Å². The summed E-state index contributed by atoms with van der Waals surface area (Å²) >= 11 is 0. The van der Waals surface area contributed by atoms with Crippen molar-refractivity contribution in [1.82, 2.24) is 14.7 Å². The molecule has 1 saturated carbocycles. The van der Waals surface area contributed by atoms with E-state index in [9.17, 15) is 14.0 Å². The van der Waals surface area contributed by atoms with E-state index in [1.807, 2.05) is 34.1 Å². The summed E-state index contributed by atoms with van der Waals surface area (Å²) in [5, 5.41) is 0. The fourth-order valence-electron chi connectivity index (χ4n) is 5.77. The number of aryl methyl sites for hydroxylation is 1. The number of likely N-dealkylation sites (tertiary alicyclic amines) is 1. The first-order valence-corrected chi connectivity index (χ1v) is 12.5. The highest BCUT2D eigenvalue weighted by atomic mass is 19.1. The second kappa shape index (κ2) is 9.49. The van der Waals surface area contributed by atoms with Gasteiger partial charge in [-0.3, -0.25) is 14.5 Å². The van der Waals surface area contributed by atoms with Crippen LogP contribution in [-0.4, -0.2) is 65.8 Å². The zero-order chi connectivity index (χ0) is 23.7. The normalized spacial score (nSPS) is 22.1. The highest BCUT2D eigenvalue weighted by Gasteiger charge is 2.59. The van der Waals surface area contributed by atoms with Crippen LogP contribution < -0.4 is 0 Å². The molecule has 0 radical (unpaired) electrons. The van der Waals surface area contributed by atoms with Crippen molar-refractivity contribution in [1.29, 1.82) is 0 Å². The van der Waals surface area contributed by atoms with E-state index in [4.69, 9.17) is 0 Å². The largest absolute Gasteiger partial charge is 0.342 e. The summed E-state index contributed by atoms with van der Waals surface area (Å²) in [7, 11) is 0. The molecule has 5 nitrogen and oxygen atoms in total. The fraction of sp³-hybridized carbons (Fsp3) is 0.500. The molecule has 2 heterocycles. The molecule has 3 aliphatic rings. The first-order chi connectivity index (χ1) is 16.4. The molecule has 2 amide bonds. The van der Waals surface area contributed by atoms with Gasteiger partial charge in [-0.05, 0) is 60.4 Å². The molecule has 1 atom stereocenters. The van der Waals surface area contributed by atoms with Gasteiger partial charge in [-0.25, -0.2) is 4.39 Å². The Kier molecular flexibility index (Phi) is 6.43. The van der Waals surface area contributed by atoms with E-state index in [0.717, 1.165) is 81.8 Å².